The van der Waals surface area contributed by atoms with Gasteiger partial charge in [-0.2, -0.15) is 5.10 Å². The molecule has 0 unspecified atom stereocenters. The molecule has 0 atom stereocenters. The Kier molecular flexibility index (Phi) is 2.90. The van der Waals surface area contributed by atoms with E-state index in [1.165, 1.54) is 3.67 Å². The second-order valence-electron chi connectivity index (χ2n) is 2.53. The molecule has 0 amide bonds. The third kappa shape index (κ3) is 1.87. The SMILES string of the molecule is CCOc1n[n]([AlH2])c(=O)cc1C. The van der Waals surface area contributed by atoms with Crippen LogP contribution in [0.15, 0.2) is 10.9 Å². The predicted molar refractivity (Wildman–Crippen MR) is 48.3 cm³/mol. The van der Waals surface area contributed by atoms with E-state index in [4.69, 9.17) is 4.74 Å². The molecule has 0 aliphatic heterocycles. The van der Waals surface area contributed by atoms with Gasteiger partial charge in [-0.3, -0.25) is 4.79 Å². The molecule has 0 N–H and O–H groups in total. The minimum Gasteiger partial charge on any atom is -0.477 e. The summed E-state index contributed by atoms with van der Waals surface area (Å²) in [6, 6.07) is 1.55. The van der Waals surface area contributed by atoms with Gasteiger partial charge < -0.3 is 8.40 Å². The van der Waals surface area contributed by atoms with Gasteiger partial charge in [0.2, 0.25) is 11.4 Å². The van der Waals surface area contributed by atoms with E-state index >= 15 is 0 Å². The number of nitrogens with zero attached hydrogens (tertiary/aromatic N) is 2. The lowest BCUT2D eigenvalue weighted by atomic mass is 10.3. The Balaban J connectivity index is 3.14. The van der Waals surface area contributed by atoms with Gasteiger partial charge in [-0.05, 0) is 13.8 Å². The van der Waals surface area contributed by atoms with Crippen molar-refractivity contribution in [2.45, 2.75) is 13.8 Å². The summed E-state index contributed by atoms with van der Waals surface area (Å²) < 4.78 is 6.62. The van der Waals surface area contributed by atoms with Gasteiger partial charge in [0.05, 0.1) is 6.61 Å². The second kappa shape index (κ2) is 3.75. The highest BCUT2D eigenvalue weighted by Gasteiger charge is 2.01. The predicted octanol–water partition coefficient (Wildman–Crippen LogP) is -0.653. The number of rotatable bonds is 2. The van der Waals surface area contributed by atoms with Gasteiger partial charge in [0.15, 0.2) is 0 Å². The molecule has 64 valence electrons. The van der Waals surface area contributed by atoms with Gasteiger partial charge in [-0.1, -0.05) is 0 Å². The minimum absolute atomic E-state index is 0.0531. The maximum atomic E-state index is 11.1. The topological polar surface area (TPSA) is 44.1 Å². The summed E-state index contributed by atoms with van der Waals surface area (Å²) in [4.78, 5) is 11.1. The molecule has 0 bridgehead atoms. The van der Waals surface area contributed by atoms with Crippen molar-refractivity contribution in [2.75, 3.05) is 6.61 Å². The average molecular weight is 182 g/mol. The van der Waals surface area contributed by atoms with Crippen LogP contribution < -0.4 is 10.3 Å². The lowest BCUT2D eigenvalue weighted by Gasteiger charge is -2.06. The summed E-state index contributed by atoms with van der Waals surface area (Å²) >= 11 is 0.593. The summed E-state index contributed by atoms with van der Waals surface area (Å²) in [6.07, 6.45) is 0. The zero-order valence-electron chi connectivity index (χ0n) is 7.50. The van der Waals surface area contributed by atoms with E-state index in [-0.39, 0.29) is 5.56 Å². The van der Waals surface area contributed by atoms with Crippen LogP contribution in [0.3, 0.4) is 0 Å². The highest BCUT2D eigenvalue weighted by atomic mass is 27.1. The number of ether oxygens (including phenoxy) is 1. The third-order valence-electron chi connectivity index (χ3n) is 1.52. The number of aryl methyl sites for hydroxylation is 1. The van der Waals surface area contributed by atoms with Crippen LogP contribution in [0.1, 0.15) is 12.5 Å². The van der Waals surface area contributed by atoms with Gasteiger partial charge in [-0.25, -0.2) is 0 Å². The molecule has 1 heterocycles. The normalized spacial score (nSPS) is 9.83. The largest absolute Gasteiger partial charge is 0.477 e. The molecular weight excluding hydrogens is 171 g/mol. The van der Waals surface area contributed by atoms with Crippen LogP contribution in [0.2, 0.25) is 0 Å². The van der Waals surface area contributed by atoms with Crippen LogP contribution in [-0.4, -0.2) is 31.9 Å². The number of hydrogen-bond donors (Lipinski definition) is 0. The van der Waals surface area contributed by atoms with Crippen molar-refractivity contribution in [3.05, 3.63) is 22.0 Å². The molecule has 1 aromatic rings. The van der Waals surface area contributed by atoms with Crippen LogP contribution in [-0.2, 0) is 0 Å². The molecule has 0 saturated carbocycles. The fourth-order valence-electron chi connectivity index (χ4n) is 0.884. The molecule has 1 rings (SSSR count). The molecule has 0 radical (unpaired) electrons. The van der Waals surface area contributed by atoms with Crippen LogP contribution in [0.5, 0.6) is 5.88 Å². The highest BCUT2D eigenvalue weighted by molar-refractivity contribution is 6.05. The van der Waals surface area contributed by atoms with Crippen LogP contribution >= 0.6 is 0 Å². The lowest BCUT2D eigenvalue weighted by molar-refractivity contribution is 0.318. The zero-order chi connectivity index (χ0) is 9.14. The molecule has 12 heavy (non-hydrogen) atoms. The lowest BCUT2D eigenvalue weighted by Crippen LogP contribution is -2.21. The van der Waals surface area contributed by atoms with Crippen molar-refractivity contribution in [1.82, 2.24) is 8.76 Å². The Morgan fingerprint density at radius 3 is 3.00 bits per heavy atom. The van der Waals surface area contributed by atoms with E-state index < -0.39 is 0 Å². The molecule has 0 aliphatic carbocycles. The summed E-state index contributed by atoms with van der Waals surface area (Å²) in [5.41, 5.74) is 0.747. The summed E-state index contributed by atoms with van der Waals surface area (Å²) in [5.74, 6) is 0.562. The van der Waals surface area contributed by atoms with Gasteiger partial charge in [0.1, 0.15) is 0 Å². The van der Waals surface area contributed by atoms with Crippen LogP contribution in [0, 0.1) is 6.92 Å². The third-order valence-corrected chi connectivity index (χ3v) is 2.16. The maximum absolute atomic E-state index is 11.1. The fourth-order valence-corrected chi connectivity index (χ4v) is 1.19. The smallest absolute Gasteiger partial charge is 0.404 e. The van der Waals surface area contributed by atoms with E-state index in [0.717, 1.165) is 5.56 Å². The number of aromatic nitrogens is 2. The first-order valence-electron chi connectivity index (χ1n) is 3.83. The molecule has 1 aromatic heterocycles. The molecule has 4 nitrogen and oxygen atoms in total. The molecular formula is C7H11AlN2O2. The monoisotopic (exact) mass is 182 g/mol. The highest BCUT2D eigenvalue weighted by Crippen LogP contribution is 2.08. The quantitative estimate of drug-likeness (QED) is 0.571. The average Bonchev–Trinajstić information content (AvgIpc) is 2.01. The first-order valence-corrected chi connectivity index (χ1v) is 4.72. The number of hydrogen-bond acceptors (Lipinski definition) is 3. The first-order chi connectivity index (χ1) is 5.65. The van der Waals surface area contributed by atoms with Gasteiger partial charge in [-0.15, -0.1) is 0 Å². The van der Waals surface area contributed by atoms with Crippen molar-refractivity contribution >= 4 is 16.5 Å². The Hall–Kier alpha value is -0.788. The summed E-state index contributed by atoms with van der Waals surface area (Å²) in [6.45, 7) is 4.29. The Labute approximate surface area is 78.8 Å². The summed E-state index contributed by atoms with van der Waals surface area (Å²) in [5, 5.41) is 4.01. The van der Waals surface area contributed by atoms with Crippen molar-refractivity contribution in [3.8, 4) is 5.88 Å². The van der Waals surface area contributed by atoms with Gasteiger partial charge in [0.25, 0.3) is 0 Å². The molecule has 5 heteroatoms. The minimum atomic E-state index is -0.0531. The molecule has 0 saturated heterocycles. The van der Waals surface area contributed by atoms with Gasteiger partial charge >= 0.3 is 16.5 Å². The Morgan fingerprint density at radius 1 is 1.75 bits per heavy atom. The van der Waals surface area contributed by atoms with E-state index in [9.17, 15) is 4.79 Å². The second-order valence-corrected chi connectivity index (χ2v) is 3.37. The van der Waals surface area contributed by atoms with Crippen molar-refractivity contribution in [2.24, 2.45) is 0 Å². The fraction of sp³-hybridized carbons (Fsp3) is 0.429. The van der Waals surface area contributed by atoms with E-state index in [1.807, 2.05) is 13.8 Å². The Morgan fingerprint density at radius 2 is 2.42 bits per heavy atom. The maximum Gasteiger partial charge on any atom is 0.404 e. The Bertz CT molecular complexity index is 335. The van der Waals surface area contributed by atoms with Crippen LogP contribution in [0.25, 0.3) is 0 Å². The van der Waals surface area contributed by atoms with Crippen molar-refractivity contribution < 1.29 is 4.74 Å². The molecule has 0 spiro atoms. The zero-order valence-corrected chi connectivity index (χ0v) is 9.50. The first kappa shape index (κ1) is 9.30. The molecule has 0 aromatic carbocycles. The van der Waals surface area contributed by atoms with Crippen molar-refractivity contribution in [1.29, 1.82) is 0 Å². The van der Waals surface area contributed by atoms with E-state index in [2.05, 4.69) is 5.10 Å². The molecule has 0 fully saturated rings. The summed E-state index contributed by atoms with van der Waals surface area (Å²) in [7, 11) is 0. The van der Waals surface area contributed by atoms with Crippen LogP contribution in [0.4, 0.5) is 0 Å². The molecule has 0 aliphatic rings. The van der Waals surface area contributed by atoms with Gasteiger partial charge in [0, 0.05) is 11.6 Å². The van der Waals surface area contributed by atoms with Crippen molar-refractivity contribution in [3.63, 3.8) is 0 Å². The standard InChI is InChI=1S/C7H10N2O2.Al.2H/c1-3-11-7-5(2)4-6(10)8-9-7;;;/h4H,3H2,1-2H3,(H,8,10);;;/q;+1;;/p-1. The van der Waals surface area contributed by atoms with E-state index in [1.54, 1.807) is 6.07 Å². The van der Waals surface area contributed by atoms with E-state index in [0.29, 0.717) is 29.0 Å².